The van der Waals surface area contributed by atoms with Crippen molar-refractivity contribution in [3.05, 3.63) is 24.1 Å². The number of aromatic nitrogens is 1. The SMILES string of the molecule is O=S(=O)(Nc1cccc(F)n1)NC1CC1. The summed E-state index contributed by atoms with van der Waals surface area (Å²) in [6, 6.07) is 3.93. The van der Waals surface area contributed by atoms with Gasteiger partial charge >= 0.3 is 10.2 Å². The zero-order chi connectivity index (χ0) is 10.9. The van der Waals surface area contributed by atoms with Crippen LogP contribution >= 0.6 is 0 Å². The van der Waals surface area contributed by atoms with Gasteiger partial charge in [-0.2, -0.15) is 17.5 Å². The van der Waals surface area contributed by atoms with Crippen LogP contribution in [0.25, 0.3) is 0 Å². The predicted octanol–water partition coefficient (Wildman–Crippen LogP) is 0.629. The summed E-state index contributed by atoms with van der Waals surface area (Å²) in [5.74, 6) is -0.746. The van der Waals surface area contributed by atoms with Gasteiger partial charge in [0.15, 0.2) is 0 Å². The normalized spacial score (nSPS) is 16.3. The zero-order valence-electron chi connectivity index (χ0n) is 7.77. The molecule has 1 aromatic rings. The van der Waals surface area contributed by atoms with Gasteiger partial charge in [0, 0.05) is 6.04 Å². The number of nitrogens with one attached hydrogen (secondary N) is 2. The Morgan fingerprint density at radius 2 is 2.13 bits per heavy atom. The van der Waals surface area contributed by atoms with Gasteiger partial charge in [-0.3, -0.25) is 4.72 Å². The number of hydrogen-bond acceptors (Lipinski definition) is 3. The van der Waals surface area contributed by atoms with E-state index in [4.69, 9.17) is 0 Å². The van der Waals surface area contributed by atoms with Crippen LogP contribution in [0.2, 0.25) is 0 Å². The molecule has 0 aromatic carbocycles. The van der Waals surface area contributed by atoms with Gasteiger partial charge in [-0.05, 0) is 25.0 Å². The average Bonchev–Trinajstić information content (AvgIpc) is 2.86. The fraction of sp³-hybridized carbons (Fsp3) is 0.375. The quantitative estimate of drug-likeness (QED) is 0.746. The van der Waals surface area contributed by atoms with Gasteiger partial charge in [-0.1, -0.05) is 6.07 Å². The maximum Gasteiger partial charge on any atom is 0.300 e. The van der Waals surface area contributed by atoms with Crippen LogP contribution in [-0.2, 0) is 10.2 Å². The first-order chi connectivity index (χ1) is 7.05. The third-order valence-corrected chi connectivity index (χ3v) is 2.97. The Labute approximate surface area is 86.9 Å². The first kappa shape index (κ1) is 10.3. The van der Waals surface area contributed by atoms with Crippen LogP contribution in [0.1, 0.15) is 12.8 Å². The summed E-state index contributed by atoms with van der Waals surface area (Å²) in [5, 5.41) is 0. The van der Waals surface area contributed by atoms with E-state index in [0.29, 0.717) is 0 Å². The molecule has 0 saturated heterocycles. The van der Waals surface area contributed by atoms with E-state index in [-0.39, 0.29) is 11.9 Å². The lowest BCUT2D eigenvalue weighted by molar-refractivity contribution is 0.581. The number of rotatable bonds is 4. The van der Waals surface area contributed by atoms with Crippen molar-refractivity contribution in [2.45, 2.75) is 18.9 Å². The smallest absolute Gasteiger partial charge is 0.255 e. The van der Waals surface area contributed by atoms with Crippen molar-refractivity contribution in [3.8, 4) is 0 Å². The van der Waals surface area contributed by atoms with Crippen LogP contribution in [0.4, 0.5) is 10.2 Å². The first-order valence-electron chi connectivity index (χ1n) is 4.48. The van der Waals surface area contributed by atoms with Gasteiger partial charge in [-0.25, -0.2) is 4.98 Å². The van der Waals surface area contributed by atoms with E-state index in [0.717, 1.165) is 18.9 Å². The second kappa shape index (κ2) is 3.74. The van der Waals surface area contributed by atoms with Crippen LogP contribution in [0.5, 0.6) is 0 Å². The molecule has 1 heterocycles. The van der Waals surface area contributed by atoms with Crippen molar-refractivity contribution >= 4 is 16.0 Å². The highest BCUT2D eigenvalue weighted by atomic mass is 32.2. The number of halogens is 1. The summed E-state index contributed by atoms with van der Waals surface area (Å²) in [4.78, 5) is 3.39. The molecule has 2 N–H and O–H groups in total. The van der Waals surface area contributed by atoms with Gasteiger partial charge in [0.05, 0.1) is 0 Å². The Balaban J connectivity index is 2.06. The molecule has 1 aliphatic carbocycles. The molecule has 1 aromatic heterocycles. The van der Waals surface area contributed by atoms with Crippen LogP contribution < -0.4 is 9.44 Å². The molecule has 82 valence electrons. The fourth-order valence-corrected chi connectivity index (χ4v) is 2.18. The minimum absolute atomic E-state index is 0.0102. The lowest BCUT2D eigenvalue weighted by Crippen LogP contribution is -2.32. The Morgan fingerprint density at radius 1 is 1.40 bits per heavy atom. The van der Waals surface area contributed by atoms with E-state index in [1.807, 2.05) is 0 Å². The maximum absolute atomic E-state index is 12.7. The summed E-state index contributed by atoms with van der Waals surface area (Å²) >= 11 is 0. The van der Waals surface area contributed by atoms with E-state index < -0.39 is 16.2 Å². The van der Waals surface area contributed by atoms with Crippen LogP contribution in [0.3, 0.4) is 0 Å². The minimum atomic E-state index is -3.62. The van der Waals surface area contributed by atoms with Gasteiger partial charge in [0.1, 0.15) is 5.82 Å². The molecule has 0 atom stereocenters. The third-order valence-electron chi connectivity index (χ3n) is 1.85. The molecule has 7 heteroatoms. The molecule has 0 unspecified atom stereocenters. The van der Waals surface area contributed by atoms with Gasteiger partial charge in [0.2, 0.25) is 5.95 Å². The maximum atomic E-state index is 12.7. The third kappa shape index (κ3) is 3.14. The lowest BCUT2D eigenvalue weighted by Gasteiger charge is -2.07. The predicted molar refractivity (Wildman–Crippen MR) is 52.9 cm³/mol. The lowest BCUT2D eigenvalue weighted by atomic mass is 10.5. The molecule has 0 radical (unpaired) electrons. The van der Waals surface area contributed by atoms with Crippen molar-refractivity contribution in [2.75, 3.05) is 4.72 Å². The number of pyridine rings is 1. The summed E-state index contributed by atoms with van der Waals surface area (Å²) in [6.45, 7) is 0. The molecule has 1 fully saturated rings. The second-order valence-electron chi connectivity index (χ2n) is 3.34. The molecule has 0 bridgehead atoms. The Kier molecular flexibility index (Phi) is 2.57. The molecule has 1 aliphatic rings. The van der Waals surface area contributed by atoms with E-state index in [1.54, 1.807) is 0 Å². The average molecular weight is 231 g/mol. The van der Waals surface area contributed by atoms with Crippen LogP contribution in [-0.4, -0.2) is 19.4 Å². The number of hydrogen-bond donors (Lipinski definition) is 2. The molecule has 0 spiro atoms. The van der Waals surface area contributed by atoms with Crippen molar-refractivity contribution in [2.24, 2.45) is 0 Å². The molecule has 2 rings (SSSR count). The standard InChI is InChI=1S/C8H10FN3O2S/c9-7-2-1-3-8(10-7)12-15(13,14)11-6-4-5-6/h1-3,6,11H,4-5H2,(H,10,12). The van der Waals surface area contributed by atoms with E-state index in [9.17, 15) is 12.8 Å². The summed E-state index contributed by atoms with van der Waals surface area (Å²) in [7, 11) is -3.62. The Bertz CT molecular complexity index is 459. The molecule has 0 amide bonds. The van der Waals surface area contributed by atoms with Crippen molar-refractivity contribution in [1.82, 2.24) is 9.71 Å². The molecule has 15 heavy (non-hydrogen) atoms. The number of nitrogens with zero attached hydrogens (tertiary/aromatic N) is 1. The molecular weight excluding hydrogens is 221 g/mol. The van der Waals surface area contributed by atoms with Gasteiger partial charge < -0.3 is 0 Å². The summed E-state index contributed by atoms with van der Waals surface area (Å²) in [6.07, 6.45) is 1.69. The van der Waals surface area contributed by atoms with Crippen molar-refractivity contribution < 1.29 is 12.8 Å². The topological polar surface area (TPSA) is 71.1 Å². The van der Waals surface area contributed by atoms with Crippen LogP contribution in [0.15, 0.2) is 18.2 Å². The molecule has 5 nitrogen and oxygen atoms in total. The van der Waals surface area contributed by atoms with Crippen molar-refractivity contribution in [3.63, 3.8) is 0 Å². The second-order valence-corrected chi connectivity index (χ2v) is 4.79. The number of anilines is 1. The van der Waals surface area contributed by atoms with Crippen LogP contribution in [0, 0.1) is 5.95 Å². The van der Waals surface area contributed by atoms with Gasteiger partial charge in [-0.15, -0.1) is 0 Å². The van der Waals surface area contributed by atoms with Crippen molar-refractivity contribution in [1.29, 1.82) is 0 Å². The highest BCUT2D eigenvalue weighted by Crippen LogP contribution is 2.20. The first-order valence-corrected chi connectivity index (χ1v) is 5.96. The molecule has 0 aliphatic heterocycles. The fourth-order valence-electron chi connectivity index (χ4n) is 1.05. The minimum Gasteiger partial charge on any atom is -0.255 e. The molecular formula is C8H10FN3O2S. The van der Waals surface area contributed by atoms with E-state index >= 15 is 0 Å². The largest absolute Gasteiger partial charge is 0.300 e. The Morgan fingerprint density at radius 3 is 2.73 bits per heavy atom. The highest BCUT2D eigenvalue weighted by molar-refractivity contribution is 7.90. The van der Waals surface area contributed by atoms with E-state index in [1.165, 1.54) is 12.1 Å². The Hall–Kier alpha value is -1.21. The van der Waals surface area contributed by atoms with E-state index in [2.05, 4.69) is 14.4 Å². The summed E-state index contributed by atoms with van der Waals surface area (Å²) < 4.78 is 39.9. The van der Waals surface area contributed by atoms with Gasteiger partial charge in [0.25, 0.3) is 0 Å². The molecule has 1 saturated carbocycles. The zero-order valence-corrected chi connectivity index (χ0v) is 8.59. The summed E-state index contributed by atoms with van der Waals surface area (Å²) in [5.41, 5.74) is 0. The highest BCUT2D eigenvalue weighted by Gasteiger charge is 2.26. The monoisotopic (exact) mass is 231 g/mol.